The molecule has 0 bridgehead atoms. The van der Waals surface area contributed by atoms with Crippen LogP contribution in [-0.2, 0) is 24.0 Å². The molecule has 0 saturated heterocycles. The molecule has 1 aliphatic heterocycles. The number of amides is 6. The highest BCUT2D eigenvalue weighted by atomic mass is 16.4. The fraction of sp³-hybridized carbons (Fsp3) is 0.350. The minimum absolute atomic E-state index is 0.111. The maximum atomic E-state index is 13.3. The normalized spacial score (nSPS) is 13.1. The van der Waals surface area contributed by atoms with Crippen molar-refractivity contribution in [1.29, 1.82) is 0 Å². The number of nitrogens with two attached hydrogens (primary N) is 1. The molecule has 0 spiro atoms. The van der Waals surface area contributed by atoms with Crippen LogP contribution in [0.3, 0.4) is 0 Å². The van der Waals surface area contributed by atoms with E-state index in [1.54, 1.807) is 6.07 Å². The number of carbonyl (C=O) groups excluding carboxylic acids is 6. The predicted octanol–water partition coefficient (Wildman–Crippen LogP) is 2.15. The number of hydrogen-bond acceptors (Lipinski definition) is 10. The molecule has 4 atom stereocenters. The van der Waals surface area contributed by atoms with Gasteiger partial charge in [-0.3, -0.25) is 33.6 Å². The Bertz CT molecular complexity index is 2220. The van der Waals surface area contributed by atoms with Gasteiger partial charge in [-0.2, -0.15) is 0 Å². The zero-order valence-electron chi connectivity index (χ0n) is 31.9. The molecule has 6 amide bonds. The number of unbranched alkanes of at least 4 members (excludes halogenated alkanes) is 1. The topological polar surface area (TPSA) is 276 Å². The van der Waals surface area contributed by atoms with Gasteiger partial charge in [0.2, 0.25) is 29.5 Å². The number of primary amides is 1. The first-order valence-corrected chi connectivity index (χ1v) is 18.4. The van der Waals surface area contributed by atoms with Crippen molar-refractivity contribution in [2.24, 2.45) is 5.73 Å². The quantitative estimate of drug-likeness (QED) is 0.0535. The lowest BCUT2D eigenvalue weighted by atomic mass is 9.89. The highest BCUT2D eigenvalue weighted by Gasteiger charge is 2.27. The van der Waals surface area contributed by atoms with E-state index >= 15 is 0 Å². The lowest BCUT2D eigenvalue weighted by Gasteiger charge is -2.22. The fourth-order valence-corrected chi connectivity index (χ4v) is 6.00. The largest absolute Gasteiger partial charge is 0.508 e. The van der Waals surface area contributed by atoms with Crippen molar-refractivity contribution in [2.45, 2.75) is 84.0 Å². The van der Waals surface area contributed by atoms with Gasteiger partial charge in [-0.15, -0.1) is 0 Å². The zero-order valence-corrected chi connectivity index (χ0v) is 31.9. The molecule has 9 N–H and O–H groups in total. The number of benzene rings is 3. The minimum atomic E-state index is -1.26. The lowest BCUT2D eigenvalue weighted by Crippen LogP contribution is -2.56. The average Bonchev–Trinajstić information content (AvgIpc) is 3.15. The second kappa shape index (κ2) is 19.2. The molecule has 2 aromatic carbocycles. The number of carboxylic acids is 1. The van der Waals surface area contributed by atoms with Gasteiger partial charge >= 0.3 is 5.97 Å². The van der Waals surface area contributed by atoms with E-state index < -0.39 is 59.7 Å². The van der Waals surface area contributed by atoms with Crippen LogP contribution in [0.25, 0.3) is 33.4 Å². The maximum Gasteiger partial charge on any atom is 0.336 e. The molecule has 2 aromatic rings. The number of carbonyl (C=O) groups is 7. The van der Waals surface area contributed by atoms with Crippen molar-refractivity contribution in [2.75, 3.05) is 6.54 Å². The summed E-state index contributed by atoms with van der Waals surface area (Å²) in [6.45, 7) is 6.25. The molecule has 1 aliphatic carbocycles. The summed E-state index contributed by atoms with van der Waals surface area (Å²) in [7, 11) is 0. The molecule has 4 rings (SSSR count). The SMILES string of the molecule is CCCC(=O)N[C@@H](C)C(=O)N[C@@H](C)C(=O)N[C@@H](C)C(=O)N[C@@H](CCCCNC(=O)c1ccc(C(=O)O)c(-c2c3ccc(=O)cc-3oc3cc(O)ccc23)c1)C(N)=O. The van der Waals surface area contributed by atoms with Crippen LogP contribution in [0.15, 0.2) is 63.8 Å². The third-order valence-electron chi connectivity index (χ3n) is 9.08. The number of phenolic OH excluding ortho intramolecular Hbond substituents is 1. The molecule has 57 heavy (non-hydrogen) atoms. The molecule has 0 radical (unpaired) electrons. The third-order valence-corrected chi connectivity index (χ3v) is 9.08. The van der Waals surface area contributed by atoms with E-state index in [2.05, 4.69) is 26.6 Å². The molecular formula is C40H46N6O11. The van der Waals surface area contributed by atoms with E-state index in [4.69, 9.17) is 10.2 Å². The molecule has 0 saturated carbocycles. The second-order valence-electron chi connectivity index (χ2n) is 13.6. The Morgan fingerprint density at radius 1 is 0.772 bits per heavy atom. The fourth-order valence-electron chi connectivity index (χ4n) is 6.00. The van der Waals surface area contributed by atoms with Gasteiger partial charge in [0, 0.05) is 47.2 Å². The van der Waals surface area contributed by atoms with Gasteiger partial charge in [-0.1, -0.05) is 6.92 Å². The van der Waals surface area contributed by atoms with Crippen LogP contribution in [0.4, 0.5) is 0 Å². The Hall–Kier alpha value is -6.78. The van der Waals surface area contributed by atoms with Crippen molar-refractivity contribution in [3.63, 3.8) is 0 Å². The zero-order chi connectivity index (χ0) is 42.0. The Morgan fingerprint density at radius 2 is 1.42 bits per heavy atom. The molecular weight excluding hydrogens is 740 g/mol. The van der Waals surface area contributed by atoms with E-state index in [9.17, 15) is 48.6 Å². The molecule has 17 nitrogen and oxygen atoms in total. The minimum Gasteiger partial charge on any atom is -0.508 e. The number of rotatable bonds is 18. The number of aromatic carboxylic acids is 1. The maximum absolute atomic E-state index is 13.3. The van der Waals surface area contributed by atoms with Crippen molar-refractivity contribution in [3.05, 3.63) is 75.9 Å². The van der Waals surface area contributed by atoms with Gasteiger partial charge in [0.15, 0.2) is 5.43 Å². The van der Waals surface area contributed by atoms with Crippen molar-refractivity contribution in [1.82, 2.24) is 26.6 Å². The first kappa shape index (κ1) is 43.0. The first-order valence-electron chi connectivity index (χ1n) is 18.4. The molecule has 0 fully saturated rings. The molecule has 0 unspecified atom stereocenters. The van der Waals surface area contributed by atoms with Crippen LogP contribution in [0.5, 0.6) is 5.75 Å². The molecule has 0 aromatic heterocycles. The van der Waals surface area contributed by atoms with Gasteiger partial charge in [-0.05, 0) is 94.5 Å². The lowest BCUT2D eigenvalue weighted by molar-refractivity contribution is -0.133. The summed E-state index contributed by atoms with van der Waals surface area (Å²) < 4.78 is 5.87. The number of phenols is 1. The smallest absolute Gasteiger partial charge is 0.336 e. The Labute approximate surface area is 327 Å². The van der Waals surface area contributed by atoms with E-state index in [1.807, 2.05) is 6.92 Å². The van der Waals surface area contributed by atoms with Crippen LogP contribution in [-0.4, -0.2) is 82.3 Å². The Morgan fingerprint density at radius 3 is 2.05 bits per heavy atom. The molecule has 17 heteroatoms. The van der Waals surface area contributed by atoms with Crippen LogP contribution in [0, 0.1) is 0 Å². The number of hydrogen-bond donors (Lipinski definition) is 8. The van der Waals surface area contributed by atoms with Crippen LogP contribution in [0.2, 0.25) is 0 Å². The second-order valence-corrected chi connectivity index (χ2v) is 13.6. The third kappa shape index (κ3) is 11.1. The van der Waals surface area contributed by atoms with Gasteiger partial charge in [0.1, 0.15) is 41.3 Å². The average molecular weight is 787 g/mol. The summed E-state index contributed by atoms with van der Waals surface area (Å²) in [4.78, 5) is 99.6. The monoisotopic (exact) mass is 786 g/mol. The number of nitrogens with one attached hydrogen (secondary N) is 5. The molecule has 1 heterocycles. The number of aromatic hydroxyl groups is 1. The number of fused-ring (bicyclic) bond motifs is 2. The van der Waals surface area contributed by atoms with Crippen LogP contribution >= 0.6 is 0 Å². The van der Waals surface area contributed by atoms with Crippen LogP contribution < -0.4 is 37.7 Å². The summed E-state index contributed by atoms with van der Waals surface area (Å²) in [5, 5.41) is 33.3. The van der Waals surface area contributed by atoms with Crippen molar-refractivity contribution < 1.29 is 48.2 Å². The summed E-state index contributed by atoms with van der Waals surface area (Å²) in [5.41, 5.74) is 6.37. The highest BCUT2D eigenvalue weighted by Crippen LogP contribution is 2.42. The van der Waals surface area contributed by atoms with Gasteiger partial charge < -0.3 is 46.9 Å². The van der Waals surface area contributed by atoms with Gasteiger partial charge in [-0.25, -0.2) is 4.79 Å². The van der Waals surface area contributed by atoms with Crippen LogP contribution in [0.1, 0.15) is 80.5 Å². The summed E-state index contributed by atoms with van der Waals surface area (Å²) in [5.74, 6) is -4.80. The van der Waals surface area contributed by atoms with Gasteiger partial charge in [0.05, 0.1) is 5.56 Å². The van der Waals surface area contributed by atoms with Crippen molar-refractivity contribution >= 4 is 52.4 Å². The standard InChI is InChI=1S/C40H46N6O11/c1-5-8-33(49)43-20(2)36(51)44-21(3)37(52)45-22(4)38(53)46-30(35(41)50)9-6-7-16-42-39(54)23-10-13-26(40(55)56)29(17-23)34-27-14-11-24(47)18-31(27)57-32-19-25(48)12-15-28(32)34/h10-15,17-22,30,47H,5-9,16H2,1-4H3,(H2,41,50)(H,42,54)(H,43,49)(H,44,51)(H,45,52)(H,46,53)(H,55,56)/t20-,21-,22-,30-/m0/s1. The summed E-state index contributed by atoms with van der Waals surface area (Å²) >= 11 is 0. The summed E-state index contributed by atoms with van der Waals surface area (Å²) in [6, 6.07) is 8.33. The highest BCUT2D eigenvalue weighted by molar-refractivity contribution is 6.09. The van der Waals surface area contributed by atoms with Gasteiger partial charge in [0.25, 0.3) is 5.91 Å². The summed E-state index contributed by atoms with van der Waals surface area (Å²) in [6.07, 6.45) is 1.68. The van der Waals surface area contributed by atoms with E-state index in [-0.39, 0.29) is 64.5 Å². The van der Waals surface area contributed by atoms with E-state index in [0.29, 0.717) is 35.8 Å². The van der Waals surface area contributed by atoms with E-state index in [1.165, 1.54) is 69.3 Å². The van der Waals surface area contributed by atoms with Crippen molar-refractivity contribution in [3.8, 4) is 28.2 Å². The number of carboxylic acid groups (broad SMARTS) is 1. The predicted molar refractivity (Wildman–Crippen MR) is 208 cm³/mol. The molecule has 2 aliphatic rings. The Balaban J connectivity index is 1.34. The van der Waals surface area contributed by atoms with E-state index in [0.717, 1.165) is 0 Å². The molecule has 302 valence electrons. The Kier molecular flexibility index (Phi) is 14.5. The first-order chi connectivity index (χ1) is 27.0.